The van der Waals surface area contributed by atoms with Crippen molar-refractivity contribution in [2.75, 3.05) is 14.2 Å². The molecule has 0 heterocycles. The second kappa shape index (κ2) is 6.12. The van der Waals surface area contributed by atoms with Crippen LogP contribution in [0.5, 0.6) is 0 Å². The van der Waals surface area contributed by atoms with Crippen molar-refractivity contribution >= 4 is 17.7 Å². The number of esters is 2. The zero-order valence-corrected chi connectivity index (χ0v) is 8.53. The van der Waals surface area contributed by atoms with Crippen molar-refractivity contribution in [3.8, 4) is 0 Å². The number of hydrogen-bond acceptors (Lipinski definition) is 5. The predicted octanol–water partition coefficient (Wildman–Crippen LogP) is 0.318. The molecule has 0 aliphatic carbocycles. The average molecular weight is 202 g/mol. The number of carbonyl (C=O) groups excluding carboxylic acids is 3. The van der Waals surface area contributed by atoms with Crippen molar-refractivity contribution in [1.82, 2.24) is 0 Å². The molecule has 0 amide bonds. The molecule has 5 heteroatoms. The summed E-state index contributed by atoms with van der Waals surface area (Å²) in [7, 11) is 2.27. The summed E-state index contributed by atoms with van der Waals surface area (Å²) in [6.45, 7) is 1.81. The van der Waals surface area contributed by atoms with Gasteiger partial charge >= 0.3 is 11.9 Å². The van der Waals surface area contributed by atoms with Gasteiger partial charge in [0.2, 0.25) is 0 Å². The van der Waals surface area contributed by atoms with E-state index in [4.69, 9.17) is 0 Å². The minimum Gasteiger partial charge on any atom is -0.468 e. The summed E-state index contributed by atoms with van der Waals surface area (Å²) in [4.78, 5) is 33.3. The van der Waals surface area contributed by atoms with Crippen LogP contribution in [0.15, 0.2) is 0 Å². The van der Waals surface area contributed by atoms with Crippen LogP contribution in [-0.4, -0.2) is 31.9 Å². The third-order valence-corrected chi connectivity index (χ3v) is 1.77. The topological polar surface area (TPSA) is 69.7 Å². The highest BCUT2D eigenvalue weighted by Gasteiger charge is 2.32. The summed E-state index contributed by atoms with van der Waals surface area (Å²) in [5, 5.41) is 0. The van der Waals surface area contributed by atoms with Crippen LogP contribution in [0.4, 0.5) is 0 Å². The molecular weight excluding hydrogens is 188 g/mol. The Hall–Kier alpha value is -1.39. The Morgan fingerprint density at radius 2 is 1.71 bits per heavy atom. The summed E-state index contributed by atoms with van der Waals surface area (Å²) in [6.07, 6.45) is 0.906. The number of carbonyl (C=O) groups is 3. The lowest BCUT2D eigenvalue weighted by Gasteiger charge is -2.10. The molecule has 1 unspecified atom stereocenters. The minimum absolute atomic E-state index is 0.292. The fraction of sp³-hybridized carbons (Fsp3) is 0.667. The van der Waals surface area contributed by atoms with Gasteiger partial charge in [0.25, 0.3) is 5.78 Å². The maximum Gasteiger partial charge on any atom is 0.375 e. The van der Waals surface area contributed by atoms with Crippen molar-refractivity contribution in [2.24, 2.45) is 5.92 Å². The van der Waals surface area contributed by atoms with Crippen LogP contribution >= 0.6 is 0 Å². The van der Waals surface area contributed by atoms with Crippen molar-refractivity contribution in [2.45, 2.75) is 19.8 Å². The molecule has 5 nitrogen and oxygen atoms in total. The Bertz CT molecular complexity index is 233. The number of rotatable bonds is 5. The maximum atomic E-state index is 11.3. The van der Waals surface area contributed by atoms with E-state index < -0.39 is 23.6 Å². The van der Waals surface area contributed by atoms with Crippen molar-refractivity contribution < 1.29 is 23.9 Å². The summed E-state index contributed by atoms with van der Waals surface area (Å²) >= 11 is 0. The molecule has 0 spiro atoms. The third kappa shape index (κ3) is 3.16. The molecular formula is C9H14O5. The highest BCUT2D eigenvalue weighted by Crippen LogP contribution is 2.10. The first-order valence-electron chi connectivity index (χ1n) is 4.28. The van der Waals surface area contributed by atoms with Crippen LogP contribution < -0.4 is 0 Å². The van der Waals surface area contributed by atoms with Crippen LogP contribution in [0, 0.1) is 5.92 Å². The molecule has 0 bridgehead atoms. The van der Waals surface area contributed by atoms with Crippen LogP contribution in [0.1, 0.15) is 19.8 Å². The Kier molecular flexibility index (Phi) is 5.52. The second-order valence-corrected chi connectivity index (χ2v) is 2.72. The fourth-order valence-electron chi connectivity index (χ4n) is 1.03. The maximum absolute atomic E-state index is 11.3. The monoisotopic (exact) mass is 202 g/mol. The van der Waals surface area contributed by atoms with Gasteiger partial charge < -0.3 is 9.47 Å². The van der Waals surface area contributed by atoms with E-state index in [0.717, 1.165) is 7.11 Å². The minimum atomic E-state index is -1.03. The molecule has 0 fully saturated rings. The van der Waals surface area contributed by atoms with Crippen molar-refractivity contribution in [3.05, 3.63) is 0 Å². The number of methoxy groups -OCH3 is 2. The normalized spacial score (nSPS) is 11.6. The Morgan fingerprint density at radius 1 is 1.14 bits per heavy atom. The second-order valence-electron chi connectivity index (χ2n) is 2.72. The number of hydrogen-bond donors (Lipinski definition) is 0. The Labute approximate surface area is 82.4 Å². The van der Waals surface area contributed by atoms with Gasteiger partial charge in [0, 0.05) is 0 Å². The standard InChI is InChI=1S/C9H14O5/c1-4-5-6(8(11)13-2)7(10)9(12)14-3/h6H,4-5H2,1-3H3. The molecule has 0 aliphatic heterocycles. The summed E-state index contributed by atoms with van der Waals surface area (Å²) in [5.74, 6) is -3.57. The summed E-state index contributed by atoms with van der Waals surface area (Å²) in [6, 6.07) is 0. The third-order valence-electron chi connectivity index (χ3n) is 1.77. The molecule has 0 rings (SSSR count). The molecule has 1 atom stereocenters. The van der Waals surface area contributed by atoms with E-state index in [9.17, 15) is 14.4 Å². The van der Waals surface area contributed by atoms with E-state index in [1.54, 1.807) is 6.92 Å². The summed E-state index contributed by atoms with van der Waals surface area (Å²) in [5.41, 5.74) is 0. The van der Waals surface area contributed by atoms with Gasteiger partial charge in [-0.2, -0.15) is 0 Å². The molecule has 80 valence electrons. The molecule has 0 radical (unpaired) electrons. The largest absolute Gasteiger partial charge is 0.468 e. The first-order valence-corrected chi connectivity index (χ1v) is 4.28. The van der Waals surface area contributed by atoms with E-state index in [2.05, 4.69) is 9.47 Å². The molecule has 0 aromatic heterocycles. The lowest BCUT2D eigenvalue weighted by atomic mass is 9.99. The molecule has 0 aromatic carbocycles. The smallest absolute Gasteiger partial charge is 0.375 e. The zero-order chi connectivity index (χ0) is 11.1. The van der Waals surface area contributed by atoms with Crippen LogP contribution in [0.25, 0.3) is 0 Å². The molecule has 0 saturated heterocycles. The van der Waals surface area contributed by atoms with Gasteiger partial charge in [-0.05, 0) is 6.42 Å². The lowest BCUT2D eigenvalue weighted by molar-refractivity contribution is -0.160. The van der Waals surface area contributed by atoms with Crippen LogP contribution in [0.3, 0.4) is 0 Å². The van der Waals surface area contributed by atoms with Crippen molar-refractivity contribution in [3.63, 3.8) is 0 Å². The molecule has 0 aromatic rings. The number of Topliss-reactive ketones (excluding diaryl/α,β-unsaturated/α-hetero) is 1. The highest BCUT2D eigenvalue weighted by atomic mass is 16.5. The fourth-order valence-corrected chi connectivity index (χ4v) is 1.03. The summed E-state index contributed by atoms with van der Waals surface area (Å²) < 4.78 is 8.65. The van der Waals surface area contributed by atoms with E-state index in [-0.39, 0.29) is 0 Å². The molecule has 0 aliphatic rings. The van der Waals surface area contributed by atoms with Crippen LogP contribution in [0.2, 0.25) is 0 Å². The molecule has 14 heavy (non-hydrogen) atoms. The van der Waals surface area contributed by atoms with Gasteiger partial charge in [-0.25, -0.2) is 4.79 Å². The lowest BCUT2D eigenvalue weighted by Crippen LogP contribution is -2.31. The first-order chi connectivity index (χ1) is 6.58. The van der Waals surface area contributed by atoms with E-state index in [0.29, 0.717) is 12.8 Å². The average Bonchev–Trinajstić information content (AvgIpc) is 2.22. The van der Waals surface area contributed by atoms with Gasteiger partial charge in [-0.15, -0.1) is 0 Å². The zero-order valence-electron chi connectivity index (χ0n) is 8.53. The SMILES string of the molecule is CCCC(C(=O)OC)C(=O)C(=O)OC. The Balaban J connectivity index is 4.56. The van der Waals surface area contributed by atoms with E-state index in [1.165, 1.54) is 7.11 Å². The van der Waals surface area contributed by atoms with E-state index in [1.807, 2.05) is 0 Å². The highest BCUT2D eigenvalue weighted by molar-refractivity contribution is 6.37. The Morgan fingerprint density at radius 3 is 2.07 bits per heavy atom. The predicted molar refractivity (Wildman–Crippen MR) is 47.4 cm³/mol. The number of ether oxygens (including phenoxy) is 2. The molecule has 0 N–H and O–H groups in total. The van der Waals surface area contributed by atoms with E-state index >= 15 is 0 Å². The van der Waals surface area contributed by atoms with Gasteiger partial charge in [0.15, 0.2) is 0 Å². The van der Waals surface area contributed by atoms with Gasteiger partial charge in [0.05, 0.1) is 14.2 Å². The van der Waals surface area contributed by atoms with Gasteiger partial charge in [-0.3, -0.25) is 9.59 Å². The first kappa shape index (κ1) is 12.6. The van der Waals surface area contributed by atoms with Gasteiger partial charge in [-0.1, -0.05) is 13.3 Å². The van der Waals surface area contributed by atoms with Crippen molar-refractivity contribution in [1.29, 1.82) is 0 Å². The van der Waals surface area contributed by atoms with Gasteiger partial charge in [0.1, 0.15) is 5.92 Å². The number of ketones is 1. The van der Waals surface area contributed by atoms with Crippen LogP contribution in [-0.2, 0) is 23.9 Å². The molecule has 0 saturated carbocycles. The quantitative estimate of drug-likeness (QED) is 0.364.